The van der Waals surface area contributed by atoms with Crippen LogP contribution in [0.25, 0.3) is 0 Å². The number of morpholine rings is 1. The molecule has 20 heavy (non-hydrogen) atoms. The van der Waals surface area contributed by atoms with Crippen LogP contribution in [-0.2, 0) is 17.8 Å². The molecular weight excluding hydrogens is 252 g/mol. The van der Waals surface area contributed by atoms with Gasteiger partial charge < -0.3 is 14.6 Å². The van der Waals surface area contributed by atoms with Crippen molar-refractivity contribution in [1.29, 1.82) is 0 Å². The zero-order chi connectivity index (χ0) is 13.9. The summed E-state index contributed by atoms with van der Waals surface area (Å²) in [4.78, 5) is 6.88. The summed E-state index contributed by atoms with van der Waals surface area (Å²) in [7, 11) is 0. The Bertz CT molecular complexity index is 431. The minimum atomic E-state index is 0.302. The molecule has 1 aromatic rings. The molecule has 112 valence electrons. The molecule has 2 saturated heterocycles. The molecule has 1 aromatic heterocycles. The number of fused-ring (bicyclic) bond motifs is 1. The van der Waals surface area contributed by atoms with Gasteiger partial charge in [0.05, 0.1) is 31.3 Å². The van der Waals surface area contributed by atoms with Gasteiger partial charge in [0.25, 0.3) is 0 Å². The second-order valence-corrected chi connectivity index (χ2v) is 6.32. The molecule has 0 bridgehead atoms. The normalized spacial score (nSPS) is 27.1. The van der Waals surface area contributed by atoms with E-state index in [0.29, 0.717) is 18.2 Å². The van der Waals surface area contributed by atoms with E-state index in [9.17, 15) is 0 Å². The largest absolute Gasteiger partial charge is 0.373 e. The van der Waals surface area contributed by atoms with Gasteiger partial charge in [-0.05, 0) is 19.4 Å². The highest BCUT2D eigenvalue weighted by molar-refractivity contribution is 4.99. The molecule has 5 heteroatoms. The average Bonchev–Trinajstić information content (AvgIpc) is 3.04. The number of nitrogens with one attached hydrogen (secondary N) is 1. The van der Waals surface area contributed by atoms with Crippen molar-refractivity contribution in [1.82, 2.24) is 19.8 Å². The number of nitrogens with zero attached hydrogens (tertiary/aromatic N) is 3. The molecule has 0 saturated carbocycles. The first-order chi connectivity index (χ1) is 9.72. The van der Waals surface area contributed by atoms with Gasteiger partial charge >= 0.3 is 0 Å². The molecular formula is C15H26N4O. The molecule has 3 rings (SSSR count). The van der Waals surface area contributed by atoms with Gasteiger partial charge in [0.1, 0.15) is 0 Å². The first-order valence-corrected chi connectivity index (χ1v) is 7.80. The molecule has 1 N–H and O–H groups in total. The van der Waals surface area contributed by atoms with Gasteiger partial charge in [-0.3, -0.25) is 4.90 Å². The van der Waals surface area contributed by atoms with Crippen molar-refractivity contribution in [2.45, 2.75) is 58.0 Å². The lowest BCUT2D eigenvalue weighted by Crippen LogP contribution is -2.47. The van der Waals surface area contributed by atoms with E-state index < -0.39 is 0 Å². The maximum Gasteiger partial charge on any atom is 0.0949 e. The van der Waals surface area contributed by atoms with Crippen LogP contribution in [0.15, 0.2) is 12.5 Å². The van der Waals surface area contributed by atoms with Crippen LogP contribution >= 0.6 is 0 Å². The summed E-state index contributed by atoms with van der Waals surface area (Å²) in [5, 5.41) is 3.45. The number of ether oxygens (including phenoxy) is 1. The molecule has 2 aliphatic rings. The third-order valence-electron chi connectivity index (χ3n) is 4.35. The van der Waals surface area contributed by atoms with Crippen LogP contribution in [0.4, 0.5) is 0 Å². The summed E-state index contributed by atoms with van der Waals surface area (Å²) >= 11 is 0. The van der Waals surface area contributed by atoms with Crippen molar-refractivity contribution in [3.63, 3.8) is 0 Å². The van der Waals surface area contributed by atoms with Gasteiger partial charge in [-0.1, -0.05) is 13.8 Å². The van der Waals surface area contributed by atoms with Crippen molar-refractivity contribution >= 4 is 0 Å². The molecule has 0 aliphatic carbocycles. The molecule has 2 unspecified atom stereocenters. The summed E-state index contributed by atoms with van der Waals surface area (Å²) in [6, 6.07) is 1.17. The Labute approximate surface area is 121 Å². The summed E-state index contributed by atoms with van der Waals surface area (Å²) < 4.78 is 8.27. The Morgan fingerprint density at radius 3 is 3.25 bits per heavy atom. The molecule has 2 atom stereocenters. The smallest absolute Gasteiger partial charge is 0.0949 e. The summed E-state index contributed by atoms with van der Waals surface area (Å²) in [5.74, 6) is 0. The third-order valence-corrected chi connectivity index (χ3v) is 4.35. The van der Waals surface area contributed by atoms with Crippen LogP contribution in [0.1, 0.15) is 32.4 Å². The second kappa shape index (κ2) is 6.24. The van der Waals surface area contributed by atoms with Crippen LogP contribution in [0, 0.1) is 0 Å². The topological polar surface area (TPSA) is 42.3 Å². The molecule has 2 aliphatic heterocycles. The summed E-state index contributed by atoms with van der Waals surface area (Å²) in [5.41, 5.74) is 1.24. The zero-order valence-corrected chi connectivity index (χ0v) is 12.6. The van der Waals surface area contributed by atoms with Crippen LogP contribution in [0.5, 0.6) is 0 Å². The lowest BCUT2D eigenvalue weighted by atomic mass is 10.2. The molecule has 0 amide bonds. The van der Waals surface area contributed by atoms with E-state index in [4.69, 9.17) is 4.74 Å². The van der Waals surface area contributed by atoms with Crippen LogP contribution < -0.4 is 5.32 Å². The Kier molecular flexibility index (Phi) is 4.38. The Hall–Kier alpha value is -0.910. The first-order valence-electron chi connectivity index (χ1n) is 7.80. The Morgan fingerprint density at radius 1 is 1.50 bits per heavy atom. The number of hydrogen-bond donors (Lipinski definition) is 1. The highest BCUT2D eigenvalue weighted by Gasteiger charge is 2.32. The quantitative estimate of drug-likeness (QED) is 0.880. The van der Waals surface area contributed by atoms with E-state index in [0.717, 1.165) is 26.2 Å². The summed E-state index contributed by atoms with van der Waals surface area (Å²) in [6.45, 7) is 9.33. The highest BCUT2D eigenvalue weighted by Crippen LogP contribution is 2.23. The molecule has 0 spiro atoms. The van der Waals surface area contributed by atoms with Crippen LogP contribution in [0.3, 0.4) is 0 Å². The predicted octanol–water partition coefficient (Wildman–Crippen LogP) is 1.24. The average molecular weight is 278 g/mol. The van der Waals surface area contributed by atoms with Crippen molar-refractivity contribution in [3.8, 4) is 0 Å². The number of aromatic nitrogens is 2. The van der Waals surface area contributed by atoms with E-state index in [1.54, 1.807) is 0 Å². The van der Waals surface area contributed by atoms with Crippen LogP contribution in [-0.4, -0.2) is 52.3 Å². The highest BCUT2D eigenvalue weighted by atomic mass is 16.5. The van der Waals surface area contributed by atoms with E-state index in [-0.39, 0.29) is 0 Å². The SMILES string of the molecule is CC(C)NCc1cncn1CC1CN2CCCC2CO1. The Balaban J connectivity index is 1.56. The van der Waals surface area contributed by atoms with Crippen LogP contribution in [0.2, 0.25) is 0 Å². The molecule has 2 fully saturated rings. The van der Waals surface area contributed by atoms with E-state index >= 15 is 0 Å². The fraction of sp³-hybridized carbons (Fsp3) is 0.800. The van der Waals surface area contributed by atoms with Crippen molar-refractivity contribution in [2.75, 3.05) is 19.7 Å². The minimum absolute atomic E-state index is 0.302. The first kappa shape index (κ1) is 14.0. The Morgan fingerprint density at radius 2 is 2.40 bits per heavy atom. The third kappa shape index (κ3) is 3.22. The van der Waals surface area contributed by atoms with Crippen molar-refractivity contribution in [2.24, 2.45) is 0 Å². The minimum Gasteiger partial charge on any atom is -0.373 e. The standard InChI is InChI=1S/C15H26N4O/c1-12(2)17-7-14-6-16-11-19(14)9-15-8-18-5-3-4-13(18)10-20-15/h6,11-13,15,17H,3-5,7-10H2,1-2H3. The fourth-order valence-corrected chi connectivity index (χ4v) is 3.18. The van der Waals surface area contributed by atoms with E-state index in [1.807, 2.05) is 12.5 Å². The molecule has 0 aromatic carbocycles. The van der Waals surface area contributed by atoms with Gasteiger partial charge in [0.15, 0.2) is 0 Å². The molecule has 0 radical (unpaired) electrons. The van der Waals surface area contributed by atoms with Gasteiger partial charge in [0, 0.05) is 31.4 Å². The van der Waals surface area contributed by atoms with Crippen molar-refractivity contribution in [3.05, 3.63) is 18.2 Å². The van der Waals surface area contributed by atoms with Gasteiger partial charge in [-0.25, -0.2) is 4.98 Å². The molecule has 3 heterocycles. The lowest BCUT2D eigenvalue weighted by molar-refractivity contribution is -0.0554. The van der Waals surface area contributed by atoms with Crippen molar-refractivity contribution < 1.29 is 4.74 Å². The number of imidazole rings is 1. The maximum absolute atomic E-state index is 6.04. The maximum atomic E-state index is 6.04. The van der Waals surface area contributed by atoms with E-state index in [1.165, 1.54) is 25.1 Å². The lowest BCUT2D eigenvalue weighted by Gasteiger charge is -2.35. The zero-order valence-electron chi connectivity index (χ0n) is 12.6. The predicted molar refractivity (Wildman–Crippen MR) is 78.5 cm³/mol. The number of hydrogen-bond acceptors (Lipinski definition) is 4. The fourth-order valence-electron chi connectivity index (χ4n) is 3.18. The van der Waals surface area contributed by atoms with E-state index in [2.05, 4.69) is 33.6 Å². The van der Waals surface area contributed by atoms with Gasteiger partial charge in [0.2, 0.25) is 0 Å². The summed E-state index contributed by atoms with van der Waals surface area (Å²) in [6.07, 6.45) is 6.82. The van der Waals surface area contributed by atoms with Gasteiger partial charge in [-0.2, -0.15) is 0 Å². The molecule has 5 nitrogen and oxygen atoms in total. The van der Waals surface area contributed by atoms with Gasteiger partial charge in [-0.15, -0.1) is 0 Å². The number of rotatable bonds is 5. The monoisotopic (exact) mass is 278 g/mol. The second-order valence-electron chi connectivity index (χ2n) is 6.32.